The minimum atomic E-state index is -0.156. The molecule has 0 radical (unpaired) electrons. The number of hydrogen-bond donors (Lipinski definition) is 2. The number of hydrogen-bond acceptors (Lipinski definition) is 3. The van der Waals surface area contributed by atoms with Gasteiger partial charge in [0.25, 0.3) is 0 Å². The van der Waals surface area contributed by atoms with Gasteiger partial charge >= 0.3 is 0 Å². The van der Waals surface area contributed by atoms with Gasteiger partial charge in [-0.25, -0.2) is 4.39 Å². The molecule has 0 aliphatic carbocycles. The van der Waals surface area contributed by atoms with Gasteiger partial charge in [0.05, 0.1) is 0 Å². The van der Waals surface area contributed by atoms with E-state index in [9.17, 15) is 4.39 Å². The molecule has 0 fully saturated rings. The molecule has 156 valence electrons. The van der Waals surface area contributed by atoms with Crippen molar-refractivity contribution >= 4 is 17.3 Å². The van der Waals surface area contributed by atoms with Gasteiger partial charge in [-0.15, -0.1) is 0 Å². The second-order valence-electron chi connectivity index (χ2n) is 7.99. The molecule has 1 unspecified atom stereocenters. The second kappa shape index (κ2) is 9.61. The predicted octanol–water partition coefficient (Wildman–Crippen LogP) is 4.82. The summed E-state index contributed by atoms with van der Waals surface area (Å²) in [6.45, 7) is 3.44. The zero-order valence-corrected chi connectivity index (χ0v) is 17.7. The second-order valence-corrected chi connectivity index (χ2v) is 8.43. The van der Waals surface area contributed by atoms with Gasteiger partial charge in [0.15, 0.2) is 0 Å². The Hall–Kier alpha value is -2.40. The van der Waals surface area contributed by atoms with Gasteiger partial charge in [0, 0.05) is 42.9 Å². The summed E-state index contributed by atoms with van der Waals surface area (Å²) in [6.07, 6.45) is 1.77. The Balaban J connectivity index is 1.42. The van der Waals surface area contributed by atoms with Crippen molar-refractivity contribution in [3.63, 3.8) is 0 Å². The van der Waals surface area contributed by atoms with Crippen LogP contribution < -0.4 is 11.1 Å². The number of nitrogens with zero attached hydrogens (tertiary/aromatic N) is 1. The topological polar surface area (TPSA) is 41.3 Å². The summed E-state index contributed by atoms with van der Waals surface area (Å²) in [6, 6.07) is 21.5. The fourth-order valence-corrected chi connectivity index (χ4v) is 4.31. The minimum absolute atomic E-state index is 0.156. The van der Waals surface area contributed by atoms with Crippen molar-refractivity contribution < 1.29 is 4.39 Å². The third-order valence-electron chi connectivity index (χ3n) is 5.75. The molecule has 5 heteroatoms. The highest BCUT2D eigenvalue weighted by atomic mass is 35.5. The van der Waals surface area contributed by atoms with Crippen molar-refractivity contribution in [1.29, 1.82) is 0 Å². The number of halogens is 2. The first-order valence-electron chi connectivity index (χ1n) is 10.4. The summed E-state index contributed by atoms with van der Waals surface area (Å²) >= 11 is 6.04. The summed E-state index contributed by atoms with van der Waals surface area (Å²) in [5, 5.41) is 4.27. The van der Waals surface area contributed by atoms with E-state index in [-0.39, 0.29) is 5.82 Å². The van der Waals surface area contributed by atoms with Crippen LogP contribution in [0, 0.1) is 5.82 Å². The molecule has 1 aliphatic heterocycles. The van der Waals surface area contributed by atoms with Crippen LogP contribution in [-0.2, 0) is 25.9 Å². The third kappa shape index (κ3) is 5.39. The molecule has 0 saturated carbocycles. The Kier molecular flexibility index (Phi) is 6.68. The van der Waals surface area contributed by atoms with Gasteiger partial charge in [-0.1, -0.05) is 41.9 Å². The first kappa shape index (κ1) is 20.9. The maximum Gasteiger partial charge on any atom is 0.123 e. The quantitative estimate of drug-likeness (QED) is 0.423. The largest absolute Gasteiger partial charge is 0.399 e. The minimum Gasteiger partial charge on any atom is -0.399 e. The van der Waals surface area contributed by atoms with Gasteiger partial charge in [-0.2, -0.15) is 0 Å². The van der Waals surface area contributed by atoms with E-state index in [2.05, 4.69) is 28.4 Å². The fourth-order valence-electron chi connectivity index (χ4n) is 4.18. The molecular formula is C25H27ClFN3. The molecule has 0 aromatic heterocycles. The summed E-state index contributed by atoms with van der Waals surface area (Å²) in [7, 11) is 0. The molecule has 0 bridgehead atoms. The van der Waals surface area contributed by atoms with Crippen LogP contribution in [0.1, 0.15) is 22.3 Å². The van der Waals surface area contributed by atoms with Crippen molar-refractivity contribution in [1.82, 2.24) is 10.2 Å². The molecular weight excluding hydrogens is 397 g/mol. The number of rotatable bonds is 7. The lowest BCUT2D eigenvalue weighted by Gasteiger charge is -2.37. The standard InChI is InChI=1S/C25H27ClFN3/c26-22-7-4-18(5-8-22)13-25-15-21-14-23(27)9-6-20(21)17-30(25)11-10-29-16-19-2-1-3-24(28)12-19/h1-9,12,14,25,29H,10-11,13,15-17,28H2. The molecule has 3 aromatic carbocycles. The van der Waals surface area contributed by atoms with E-state index >= 15 is 0 Å². The lowest BCUT2D eigenvalue weighted by Crippen LogP contribution is -2.44. The Morgan fingerprint density at radius 3 is 2.63 bits per heavy atom. The van der Waals surface area contributed by atoms with E-state index in [4.69, 9.17) is 17.3 Å². The first-order valence-corrected chi connectivity index (χ1v) is 10.8. The van der Waals surface area contributed by atoms with Crippen molar-refractivity contribution in [3.05, 3.63) is 99.8 Å². The predicted molar refractivity (Wildman–Crippen MR) is 122 cm³/mol. The van der Waals surface area contributed by atoms with Gasteiger partial charge < -0.3 is 11.1 Å². The number of nitrogens with two attached hydrogens (primary N) is 1. The Morgan fingerprint density at radius 1 is 1.00 bits per heavy atom. The monoisotopic (exact) mass is 423 g/mol. The van der Waals surface area contributed by atoms with Crippen LogP contribution in [0.4, 0.5) is 10.1 Å². The lowest BCUT2D eigenvalue weighted by molar-refractivity contribution is 0.170. The average molecular weight is 424 g/mol. The van der Waals surface area contributed by atoms with Gasteiger partial charge in [0.1, 0.15) is 5.82 Å². The maximum absolute atomic E-state index is 13.8. The highest BCUT2D eigenvalue weighted by molar-refractivity contribution is 6.30. The van der Waals surface area contributed by atoms with Gasteiger partial charge in [0.2, 0.25) is 0 Å². The van der Waals surface area contributed by atoms with Crippen LogP contribution in [0.5, 0.6) is 0 Å². The van der Waals surface area contributed by atoms with E-state index in [0.29, 0.717) is 6.04 Å². The van der Waals surface area contributed by atoms with Crippen molar-refractivity contribution in [3.8, 4) is 0 Å². The Labute approximate surface area is 182 Å². The van der Waals surface area contributed by atoms with Crippen LogP contribution in [0.2, 0.25) is 5.02 Å². The molecule has 3 nitrogen and oxygen atoms in total. The molecule has 30 heavy (non-hydrogen) atoms. The SMILES string of the molecule is Nc1cccc(CNCCN2Cc3ccc(F)cc3CC2Cc2ccc(Cl)cc2)c1. The van der Waals surface area contributed by atoms with E-state index in [0.717, 1.165) is 55.3 Å². The van der Waals surface area contributed by atoms with Gasteiger partial charge in [-0.3, -0.25) is 4.90 Å². The number of fused-ring (bicyclic) bond motifs is 1. The van der Waals surface area contributed by atoms with Crippen LogP contribution in [0.15, 0.2) is 66.7 Å². The molecule has 1 atom stereocenters. The molecule has 0 spiro atoms. The van der Waals surface area contributed by atoms with Crippen LogP contribution in [0.3, 0.4) is 0 Å². The zero-order chi connectivity index (χ0) is 20.9. The van der Waals surface area contributed by atoms with E-state index in [1.807, 2.05) is 36.4 Å². The van der Waals surface area contributed by atoms with E-state index < -0.39 is 0 Å². The smallest absolute Gasteiger partial charge is 0.123 e. The van der Waals surface area contributed by atoms with Crippen molar-refractivity contribution in [2.45, 2.75) is 32.0 Å². The lowest BCUT2D eigenvalue weighted by atomic mass is 9.90. The van der Waals surface area contributed by atoms with Crippen molar-refractivity contribution in [2.24, 2.45) is 0 Å². The summed E-state index contributed by atoms with van der Waals surface area (Å²) < 4.78 is 13.8. The Bertz CT molecular complexity index is 990. The number of anilines is 1. The first-order chi connectivity index (χ1) is 14.6. The number of benzene rings is 3. The molecule has 3 aromatic rings. The van der Waals surface area contributed by atoms with Crippen LogP contribution >= 0.6 is 11.6 Å². The number of nitrogen functional groups attached to an aromatic ring is 1. The zero-order valence-electron chi connectivity index (χ0n) is 17.0. The van der Waals surface area contributed by atoms with Crippen molar-refractivity contribution in [2.75, 3.05) is 18.8 Å². The van der Waals surface area contributed by atoms with E-state index in [1.54, 1.807) is 12.1 Å². The molecule has 0 saturated heterocycles. The fraction of sp³-hybridized carbons (Fsp3) is 0.280. The molecule has 3 N–H and O–H groups in total. The van der Waals surface area contributed by atoms with Crippen LogP contribution in [-0.4, -0.2) is 24.0 Å². The van der Waals surface area contributed by atoms with E-state index in [1.165, 1.54) is 16.7 Å². The highest BCUT2D eigenvalue weighted by Gasteiger charge is 2.26. The average Bonchev–Trinajstić information content (AvgIpc) is 2.73. The normalized spacial score (nSPS) is 16.4. The summed E-state index contributed by atoms with van der Waals surface area (Å²) in [5.74, 6) is -0.156. The molecule has 1 aliphatic rings. The molecule has 4 rings (SSSR count). The Morgan fingerprint density at radius 2 is 1.83 bits per heavy atom. The van der Waals surface area contributed by atoms with Gasteiger partial charge in [-0.05, 0) is 71.5 Å². The van der Waals surface area contributed by atoms with Crippen LogP contribution in [0.25, 0.3) is 0 Å². The highest BCUT2D eigenvalue weighted by Crippen LogP contribution is 2.26. The molecule has 0 amide bonds. The summed E-state index contributed by atoms with van der Waals surface area (Å²) in [4.78, 5) is 2.50. The summed E-state index contributed by atoms with van der Waals surface area (Å²) in [5.41, 5.74) is 11.4. The third-order valence-corrected chi connectivity index (χ3v) is 6.01. The maximum atomic E-state index is 13.8. The number of nitrogens with one attached hydrogen (secondary N) is 1. The molecule has 1 heterocycles.